The molecular formula is C12H13BrN2O3. The SMILES string of the molecule is CON=CC(=CNOC)C(=O)c1ccc(Br)cc1. The lowest BCUT2D eigenvalue weighted by molar-refractivity contribution is 0.102. The minimum absolute atomic E-state index is 0.187. The number of halogens is 1. The Morgan fingerprint density at radius 1 is 1.33 bits per heavy atom. The molecule has 0 aliphatic carbocycles. The van der Waals surface area contributed by atoms with E-state index in [9.17, 15) is 4.79 Å². The molecule has 0 unspecified atom stereocenters. The number of allylic oxidation sites excluding steroid dienone is 1. The van der Waals surface area contributed by atoms with Gasteiger partial charge in [0, 0.05) is 16.2 Å². The van der Waals surface area contributed by atoms with Crippen LogP contribution in [0.4, 0.5) is 0 Å². The van der Waals surface area contributed by atoms with E-state index in [0.717, 1.165) is 4.47 Å². The van der Waals surface area contributed by atoms with Crippen molar-refractivity contribution in [2.45, 2.75) is 0 Å². The molecule has 0 radical (unpaired) electrons. The summed E-state index contributed by atoms with van der Waals surface area (Å²) in [6, 6.07) is 7.02. The first-order valence-electron chi connectivity index (χ1n) is 5.04. The summed E-state index contributed by atoms with van der Waals surface area (Å²) in [7, 11) is 2.85. The fourth-order valence-corrected chi connectivity index (χ4v) is 1.43. The van der Waals surface area contributed by atoms with Gasteiger partial charge in [0.15, 0.2) is 5.78 Å². The van der Waals surface area contributed by atoms with E-state index < -0.39 is 0 Å². The van der Waals surface area contributed by atoms with E-state index in [4.69, 9.17) is 0 Å². The number of hydrogen-bond acceptors (Lipinski definition) is 5. The largest absolute Gasteiger partial charge is 0.399 e. The van der Waals surface area contributed by atoms with Crippen LogP contribution in [0.5, 0.6) is 0 Å². The van der Waals surface area contributed by atoms with E-state index in [1.807, 2.05) is 0 Å². The van der Waals surface area contributed by atoms with E-state index in [1.54, 1.807) is 24.3 Å². The maximum atomic E-state index is 12.1. The highest BCUT2D eigenvalue weighted by Crippen LogP contribution is 2.13. The number of benzene rings is 1. The van der Waals surface area contributed by atoms with Gasteiger partial charge in [0.25, 0.3) is 0 Å². The van der Waals surface area contributed by atoms with Gasteiger partial charge in [0.1, 0.15) is 7.11 Å². The minimum Gasteiger partial charge on any atom is -0.399 e. The summed E-state index contributed by atoms with van der Waals surface area (Å²) in [5, 5.41) is 3.57. The molecule has 0 atom stereocenters. The van der Waals surface area contributed by atoms with Gasteiger partial charge in [0.2, 0.25) is 0 Å². The van der Waals surface area contributed by atoms with Crippen LogP contribution in [0.1, 0.15) is 10.4 Å². The molecule has 0 aromatic heterocycles. The zero-order chi connectivity index (χ0) is 13.4. The smallest absolute Gasteiger partial charge is 0.196 e. The van der Waals surface area contributed by atoms with Crippen molar-refractivity contribution >= 4 is 27.9 Å². The molecule has 0 bridgehead atoms. The van der Waals surface area contributed by atoms with Crippen LogP contribution >= 0.6 is 15.9 Å². The Kier molecular flexibility index (Phi) is 6.10. The standard InChI is InChI=1S/C12H13BrN2O3/c1-17-14-7-10(8-15-18-2)12(16)9-3-5-11(13)6-4-9/h3-8,14H,1-2H3. The van der Waals surface area contributed by atoms with Gasteiger partial charge >= 0.3 is 0 Å². The molecule has 6 heteroatoms. The van der Waals surface area contributed by atoms with E-state index in [0.29, 0.717) is 11.1 Å². The second-order valence-electron chi connectivity index (χ2n) is 3.17. The number of nitrogens with zero attached hydrogens (tertiary/aromatic N) is 1. The van der Waals surface area contributed by atoms with Crippen LogP contribution in [0.25, 0.3) is 0 Å². The highest BCUT2D eigenvalue weighted by atomic mass is 79.9. The van der Waals surface area contributed by atoms with Crippen molar-refractivity contribution in [3.05, 3.63) is 46.1 Å². The topological polar surface area (TPSA) is 59.9 Å². The summed E-state index contributed by atoms with van der Waals surface area (Å²) in [6.07, 6.45) is 2.73. The molecule has 1 rings (SSSR count). The number of Topliss-reactive ketones (excluding diaryl/α,β-unsaturated/α-hetero) is 1. The number of carbonyl (C=O) groups is 1. The molecule has 5 nitrogen and oxygen atoms in total. The summed E-state index contributed by atoms with van der Waals surface area (Å²) < 4.78 is 0.908. The van der Waals surface area contributed by atoms with Crippen molar-refractivity contribution in [3.8, 4) is 0 Å². The van der Waals surface area contributed by atoms with E-state index >= 15 is 0 Å². The minimum atomic E-state index is -0.187. The molecule has 1 N–H and O–H groups in total. The summed E-state index contributed by atoms with van der Waals surface area (Å²) in [5.41, 5.74) is 3.35. The average Bonchev–Trinajstić information content (AvgIpc) is 2.39. The van der Waals surface area contributed by atoms with Crippen LogP contribution in [0.15, 0.2) is 45.7 Å². The molecule has 1 aromatic carbocycles. The van der Waals surface area contributed by atoms with Gasteiger partial charge in [-0.15, -0.1) is 0 Å². The fourth-order valence-electron chi connectivity index (χ4n) is 1.16. The van der Waals surface area contributed by atoms with Crippen molar-refractivity contribution in [1.29, 1.82) is 0 Å². The summed E-state index contributed by atoms with van der Waals surface area (Å²) in [4.78, 5) is 21.4. The van der Waals surface area contributed by atoms with Crippen molar-refractivity contribution in [3.63, 3.8) is 0 Å². The average molecular weight is 313 g/mol. The van der Waals surface area contributed by atoms with Crippen LogP contribution in [0, 0.1) is 0 Å². The highest BCUT2D eigenvalue weighted by Gasteiger charge is 2.10. The quantitative estimate of drug-likeness (QED) is 0.379. The Morgan fingerprint density at radius 3 is 2.56 bits per heavy atom. The van der Waals surface area contributed by atoms with Crippen molar-refractivity contribution in [2.24, 2.45) is 5.16 Å². The first kappa shape index (κ1) is 14.4. The van der Waals surface area contributed by atoms with Crippen LogP contribution in [-0.4, -0.2) is 26.2 Å². The lowest BCUT2D eigenvalue weighted by atomic mass is 10.1. The number of carbonyl (C=O) groups excluding carboxylic acids is 1. The lowest BCUT2D eigenvalue weighted by Gasteiger charge is -2.03. The second-order valence-corrected chi connectivity index (χ2v) is 4.09. The number of nitrogens with one attached hydrogen (secondary N) is 1. The van der Waals surface area contributed by atoms with Crippen LogP contribution in [-0.2, 0) is 9.68 Å². The Hall–Kier alpha value is -1.66. The molecule has 0 saturated heterocycles. The number of oxime groups is 1. The molecule has 0 spiro atoms. The Morgan fingerprint density at radius 2 is 2.00 bits per heavy atom. The first-order chi connectivity index (χ1) is 8.69. The Labute approximate surface area is 114 Å². The third kappa shape index (κ3) is 4.31. The molecule has 1 aromatic rings. The Balaban J connectivity index is 2.94. The van der Waals surface area contributed by atoms with Gasteiger partial charge in [-0.3, -0.25) is 15.1 Å². The summed E-state index contributed by atoms with van der Waals surface area (Å²) in [5.74, 6) is -0.187. The number of hydrogen-bond donors (Lipinski definition) is 1. The van der Waals surface area contributed by atoms with E-state index in [2.05, 4.69) is 36.2 Å². The van der Waals surface area contributed by atoms with Crippen molar-refractivity contribution in [1.82, 2.24) is 5.48 Å². The van der Waals surface area contributed by atoms with Crippen LogP contribution in [0.2, 0.25) is 0 Å². The molecule has 0 fully saturated rings. The zero-order valence-electron chi connectivity index (χ0n) is 10.0. The first-order valence-corrected chi connectivity index (χ1v) is 5.83. The van der Waals surface area contributed by atoms with Crippen LogP contribution < -0.4 is 5.48 Å². The van der Waals surface area contributed by atoms with Crippen molar-refractivity contribution in [2.75, 3.05) is 14.2 Å². The molecule has 18 heavy (non-hydrogen) atoms. The fraction of sp³-hybridized carbons (Fsp3) is 0.167. The van der Waals surface area contributed by atoms with Crippen molar-refractivity contribution < 1.29 is 14.5 Å². The van der Waals surface area contributed by atoms with Gasteiger partial charge in [-0.1, -0.05) is 21.1 Å². The molecule has 0 aliphatic heterocycles. The van der Waals surface area contributed by atoms with Crippen LogP contribution in [0.3, 0.4) is 0 Å². The third-order valence-corrected chi connectivity index (χ3v) is 2.53. The Bertz CT molecular complexity index is 455. The van der Waals surface area contributed by atoms with E-state index in [1.165, 1.54) is 26.6 Å². The molecule has 0 saturated carbocycles. The lowest BCUT2D eigenvalue weighted by Crippen LogP contribution is -2.11. The monoisotopic (exact) mass is 312 g/mol. The summed E-state index contributed by atoms with van der Waals surface area (Å²) >= 11 is 3.31. The number of rotatable bonds is 6. The number of hydroxylamine groups is 1. The normalized spacial score (nSPS) is 11.6. The van der Waals surface area contributed by atoms with Gasteiger partial charge < -0.3 is 4.84 Å². The van der Waals surface area contributed by atoms with E-state index in [-0.39, 0.29) is 5.78 Å². The van der Waals surface area contributed by atoms with Gasteiger partial charge in [-0.05, 0) is 24.3 Å². The maximum absolute atomic E-state index is 12.1. The molecule has 0 aliphatic rings. The van der Waals surface area contributed by atoms with Gasteiger partial charge in [-0.25, -0.2) is 0 Å². The molecule has 0 amide bonds. The predicted octanol–water partition coefficient (Wildman–Crippen LogP) is 2.30. The van der Waals surface area contributed by atoms with Gasteiger partial charge in [0.05, 0.1) is 18.9 Å². The molecular weight excluding hydrogens is 300 g/mol. The zero-order valence-corrected chi connectivity index (χ0v) is 11.6. The van der Waals surface area contributed by atoms with Gasteiger partial charge in [-0.2, -0.15) is 0 Å². The molecule has 96 valence electrons. The number of ketones is 1. The third-order valence-electron chi connectivity index (χ3n) is 2.00. The summed E-state index contributed by atoms with van der Waals surface area (Å²) in [6.45, 7) is 0. The maximum Gasteiger partial charge on any atom is 0.196 e. The predicted molar refractivity (Wildman–Crippen MR) is 72.2 cm³/mol. The molecule has 0 heterocycles. The highest BCUT2D eigenvalue weighted by molar-refractivity contribution is 9.10. The second kappa shape index (κ2) is 7.62.